The van der Waals surface area contributed by atoms with Gasteiger partial charge in [-0.05, 0) is 43.0 Å². The number of rotatable bonds is 7. The quantitative estimate of drug-likeness (QED) is 0.746. The highest BCUT2D eigenvalue weighted by molar-refractivity contribution is 7.98. The van der Waals surface area contributed by atoms with Crippen LogP contribution in [0.1, 0.15) is 23.2 Å². The van der Waals surface area contributed by atoms with Gasteiger partial charge in [-0.1, -0.05) is 11.6 Å². The van der Waals surface area contributed by atoms with Crippen molar-refractivity contribution in [2.24, 2.45) is 0 Å². The number of halogens is 1. The molecule has 0 aromatic heterocycles. The highest BCUT2D eigenvalue weighted by atomic mass is 35.5. The topological polar surface area (TPSA) is 49.3 Å². The molecule has 5 heteroatoms. The number of anilines is 1. The molecule has 0 saturated heterocycles. The molecule has 0 amide bonds. The van der Waals surface area contributed by atoms with Crippen molar-refractivity contribution in [1.82, 2.24) is 0 Å². The maximum Gasteiger partial charge on any atom is 0.337 e. The van der Waals surface area contributed by atoms with Crippen molar-refractivity contribution in [3.8, 4) is 0 Å². The first-order valence-electron chi connectivity index (χ1n) is 5.41. The smallest absolute Gasteiger partial charge is 0.337 e. The zero-order chi connectivity index (χ0) is 12.7. The van der Waals surface area contributed by atoms with Gasteiger partial charge in [0.2, 0.25) is 0 Å². The molecule has 0 fully saturated rings. The van der Waals surface area contributed by atoms with Crippen LogP contribution in [0.25, 0.3) is 0 Å². The van der Waals surface area contributed by atoms with Crippen LogP contribution in [0.15, 0.2) is 18.2 Å². The third-order valence-corrected chi connectivity index (χ3v) is 3.23. The minimum atomic E-state index is -0.937. The summed E-state index contributed by atoms with van der Waals surface area (Å²) in [5, 5.41) is 12.7. The molecule has 94 valence electrons. The van der Waals surface area contributed by atoms with E-state index in [9.17, 15) is 4.79 Å². The van der Waals surface area contributed by atoms with Gasteiger partial charge in [-0.15, -0.1) is 0 Å². The average Bonchev–Trinajstić information content (AvgIpc) is 2.28. The highest BCUT2D eigenvalue weighted by Gasteiger charge is 2.09. The van der Waals surface area contributed by atoms with E-state index in [4.69, 9.17) is 16.7 Å². The number of hydrogen-bond acceptors (Lipinski definition) is 3. The van der Waals surface area contributed by atoms with Crippen LogP contribution in [0.2, 0.25) is 5.02 Å². The van der Waals surface area contributed by atoms with Gasteiger partial charge in [0.15, 0.2) is 0 Å². The van der Waals surface area contributed by atoms with E-state index < -0.39 is 5.97 Å². The summed E-state index contributed by atoms with van der Waals surface area (Å²) in [4.78, 5) is 11.0. The summed E-state index contributed by atoms with van der Waals surface area (Å²) in [6.45, 7) is 0.765. The Morgan fingerprint density at radius 3 is 2.88 bits per heavy atom. The summed E-state index contributed by atoms with van der Waals surface area (Å²) in [6.07, 6.45) is 4.22. The van der Waals surface area contributed by atoms with E-state index in [1.807, 2.05) is 11.8 Å². The van der Waals surface area contributed by atoms with Gasteiger partial charge >= 0.3 is 5.97 Å². The number of hydrogen-bond donors (Lipinski definition) is 2. The normalized spacial score (nSPS) is 10.2. The molecule has 0 saturated carbocycles. The second-order valence-corrected chi connectivity index (χ2v) is 5.04. The molecule has 1 aromatic carbocycles. The number of carboxylic acids is 1. The lowest BCUT2D eigenvalue weighted by Crippen LogP contribution is -2.07. The van der Waals surface area contributed by atoms with Gasteiger partial charge in [0.25, 0.3) is 0 Å². The van der Waals surface area contributed by atoms with Crippen molar-refractivity contribution >= 4 is 35.0 Å². The summed E-state index contributed by atoms with van der Waals surface area (Å²) < 4.78 is 0. The Bertz CT molecular complexity index is 385. The molecule has 2 N–H and O–H groups in total. The van der Waals surface area contributed by atoms with Crippen LogP contribution in [-0.2, 0) is 0 Å². The maximum atomic E-state index is 11.0. The Morgan fingerprint density at radius 1 is 1.47 bits per heavy atom. The minimum absolute atomic E-state index is 0.263. The van der Waals surface area contributed by atoms with Gasteiger partial charge in [0, 0.05) is 11.6 Å². The van der Waals surface area contributed by atoms with Crippen molar-refractivity contribution in [2.45, 2.75) is 12.8 Å². The molecule has 0 unspecified atom stereocenters. The van der Waals surface area contributed by atoms with Crippen LogP contribution in [0.4, 0.5) is 5.69 Å². The van der Waals surface area contributed by atoms with Gasteiger partial charge in [-0.3, -0.25) is 0 Å². The third kappa shape index (κ3) is 4.88. The van der Waals surface area contributed by atoms with Gasteiger partial charge in [-0.25, -0.2) is 4.79 Å². The molecule has 0 radical (unpaired) electrons. The van der Waals surface area contributed by atoms with Crippen molar-refractivity contribution in [2.75, 3.05) is 23.9 Å². The standard InChI is InChI=1S/C12H16ClNO2S/c1-17-7-3-2-6-14-11-8-9(13)4-5-10(11)12(15)16/h4-5,8,14H,2-3,6-7H2,1H3,(H,15,16). The van der Waals surface area contributed by atoms with E-state index >= 15 is 0 Å². The Labute approximate surface area is 111 Å². The van der Waals surface area contributed by atoms with E-state index in [1.165, 1.54) is 6.07 Å². The SMILES string of the molecule is CSCCCCNc1cc(Cl)ccc1C(=O)O. The number of benzene rings is 1. The molecular formula is C12H16ClNO2S. The third-order valence-electron chi connectivity index (χ3n) is 2.30. The van der Waals surface area contributed by atoms with Crippen molar-refractivity contribution in [3.63, 3.8) is 0 Å². The number of carboxylic acid groups (broad SMARTS) is 1. The van der Waals surface area contributed by atoms with Gasteiger partial charge in [-0.2, -0.15) is 11.8 Å². The number of nitrogens with one attached hydrogen (secondary N) is 1. The summed E-state index contributed by atoms with van der Waals surface area (Å²) in [5.74, 6) is 0.191. The average molecular weight is 274 g/mol. The second kappa shape index (κ2) is 7.45. The van der Waals surface area contributed by atoms with Crippen LogP contribution in [-0.4, -0.2) is 29.6 Å². The van der Waals surface area contributed by atoms with Gasteiger partial charge in [0.1, 0.15) is 0 Å². The number of thioether (sulfide) groups is 1. The predicted molar refractivity (Wildman–Crippen MR) is 74.5 cm³/mol. The summed E-state index contributed by atoms with van der Waals surface area (Å²) >= 11 is 7.66. The first-order valence-corrected chi connectivity index (χ1v) is 7.18. The van der Waals surface area contributed by atoms with E-state index in [1.54, 1.807) is 12.1 Å². The Kier molecular flexibility index (Phi) is 6.22. The monoisotopic (exact) mass is 273 g/mol. The molecule has 0 aliphatic rings. The highest BCUT2D eigenvalue weighted by Crippen LogP contribution is 2.21. The lowest BCUT2D eigenvalue weighted by Gasteiger charge is -2.09. The largest absolute Gasteiger partial charge is 0.478 e. The van der Waals surface area contributed by atoms with Crippen molar-refractivity contribution in [1.29, 1.82) is 0 Å². The molecule has 3 nitrogen and oxygen atoms in total. The Balaban J connectivity index is 2.56. The summed E-state index contributed by atoms with van der Waals surface area (Å²) in [6, 6.07) is 4.76. The molecule has 0 atom stereocenters. The van der Waals surface area contributed by atoms with Crippen LogP contribution >= 0.6 is 23.4 Å². The van der Waals surface area contributed by atoms with Crippen LogP contribution in [0.3, 0.4) is 0 Å². The molecule has 0 aliphatic carbocycles. The predicted octanol–water partition coefficient (Wildman–Crippen LogP) is 3.59. The fraction of sp³-hybridized carbons (Fsp3) is 0.417. The zero-order valence-corrected chi connectivity index (χ0v) is 11.3. The molecule has 1 rings (SSSR count). The molecule has 0 spiro atoms. The van der Waals surface area contributed by atoms with Crippen LogP contribution < -0.4 is 5.32 Å². The van der Waals surface area contributed by atoms with Crippen molar-refractivity contribution < 1.29 is 9.90 Å². The van der Waals surface area contributed by atoms with E-state index in [-0.39, 0.29) is 5.56 Å². The molecule has 17 heavy (non-hydrogen) atoms. The number of unbranched alkanes of at least 4 members (excludes halogenated alkanes) is 1. The molecule has 1 aromatic rings. The number of aromatic carboxylic acids is 1. The lowest BCUT2D eigenvalue weighted by atomic mass is 10.1. The van der Waals surface area contributed by atoms with Crippen LogP contribution in [0.5, 0.6) is 0 Å². The lowest BCUT2D eigenvalue weighted by molar-refractivity contribution is 0.0698. The van der Waals surface area contributed by atoms with E-state index in [0.29, 0.717) is 10.7 Å². The fourth-order valence-electron chi connectivity index (χ4n) is 1.44. The second-order valence-electron chi connectivity index (χ2n) is 3.62. The van der Waals surface area contributed by atoms with E-state index in [2.05, 4.69) is 11.6 Å². The first-order chi connectivity index (χ1) is 8.15. The Hall–Kier alpha value is -0.870. The zero-order valence-electron chi connectivity index (χ0n) is 9.70. The van der Waals surface area contributed by atoms with Crippen LogP contribution in [0, 0.1) is 0 Å². The molecule has 0 heterocycles. The fourth-order valence-corrected chi connectivity index (χ4v) is 2.11. The molecule has 0 aliphatic heterocycles. The number of carbonyl (C=O) groups is 1. The first kappa shape index (κ1) is 14.2. The maximum absolute atomic E-state index is 11.0. The van der Waals surface area contributed by atoms with Gasteiger partial charge in [0.05, 0.1) is 11.3 Å². The van der Waals surface area contributed by atoms with Crippen molar-refractivity contribution in [3.05, 3.63) is 28.8 Å². The summed E-state index contributed by atoms with van der Waals surface area (Å²) in [5.41, 5.74) is 0.855. The minimum Gasteiger partial charge on any atom is -0.478 e. The summed E-state index contributed by atoms with van der Waals surface area (Å²) in [7, 11) is 0. The molecular weight excluding hydrogens is 258 g/mol. The molecule has 0 bridgehead atoms. The van der Waals surface area contributed by atoms with E-state index in [0.717, 1.165) is 25.1 Å². The van der Waals surface area contributed by atoms with Gasteiger partial charge < -0.3 is 10.4 Å². The Morgan fingerprint density at radius 2 is 2.24 bits per heavy atom.